The van der Waals surface area contributed by atoms with Crippen LogP contribution < -0.4 is 9.46 Å². The highest BCUT2D eigenvalue weighted by Crippen LogP contribution is 2.27. The highest BCUT2D eigenvalue weighted by Gasteiger charge is 2.20. The van der Waals surface area contributed by atoms with Crippen molar-refractivity contribution in [1.29, 1.82) is 0 Å². The van der Waals surface area contributed by atoms with Crippen molar-refractivity contribution in [2.24, 2.45) is 0 Å². The number of H-pyrrole nitrogens is 1. The standard InChI is InChI=1S/C15H20N2O3S/c1-11-8-14(20-3)15(9-12(11)2)21(18,19)17-7-5-13-4-6-16-10-13/h4,6,8-10,16-17H,5,7H2,1-3H3. The van der Waals surface area contributed by atoms with Gasteiger partial charge in [-0.2, -0.15) is 0 Å². The lowest BCUT2D eigenvalue weighted by Gasteiger charge is -2.13. The summed E-state index contributed by atoms with van der Waals surface area (Å²) < 4.78 is 32.6. The summed E-state index contributed by atoms with van der Waals surface area (Å²) in [6.07, 6.45) is 4.30. The van der Waals surface area contributed by atoms with Crippen LogP contribution in [0.3, 0.4) is 0 Å². The van der Waals surface area contributed by atoms with Crippen molar-refractivity contribution in [3.8, 4) is 5.75 Å². The summed E-state index contributed by atoms with van der Waals surface area (Å²) >= 11 is 0. The van der Waals surface area contributed by atoms with Crippen molar-refractivity contribution in [2.45, 2.75) is 25.2 Å². The number of sulfonamides is 1. The number of hydrogen-bond donors (Lipinski definition) is 2. The second-order valence-corrected chi connectivity index (χ2v) is 6.69. The molecule has 21 heavy (non-hydrogen) atoms. The molecule has 0 saturated heterocycles. The van der Waals surface area contributed by atoms with E-state index in [4.69, 9.17) is 4.74 Å². The molecule has 0 aliphatic rings. The van der Waals surface area contributed by atoms with Crippen LogP contribution in [0.25, 0.3) is 0 Å². The van der Waals surface area contributed by atoms with Crippen LogP contribution in [0.15, 0.2) is 35.5 Å². The molecule has 0 aliphatic heterocycles. The van der Waals surface area contributed by atoms with Crippen molar-refractivity contribution in [2.75, 3.05) is 13.7 Å². The molecule has 2 rings (SSSR count). The zero-order chi connectivity index (χ0) is 15.5. The molecule has 0 bridgehead atoms. The quantitative estimate of drug-likeness (QED) is 0.859. The van der Waals surface area contributed by atoms with Crippen LogP contribution in [-0.4, -0.2) is 27.1 Å². The molecule has 1 aromatic heterocycles. The molecular weight excluding hydrogens is 288 g/mol. The lowest BCUT2D eigenvalue weighted by Crippen LogP contribution is -2.26. The second kappa shape index (κ2) is 6.32. The molecule has 0 unspecified atom stereocenters. The van der Waals surface area contributed by atoms with Gasteiger partial charge in [0.05, 0.1) is 7.11 Å². The SMILES string of the molecule is COc1cc(C)c(C)cc1S(=O)(=O)NCCc1cc[nH]c1. The van der Waals surface area contributed by atoms with Gasteiger partial charge in [-0.05, 0) is 55.2 Å². The third kappa shape index (κ3) is 3.65. The fourth-order valence-corrected chi connectivity index (χ4v) is 3.32. The molecule has 0 spiro atoms. The molecule has 1 aromatic carbocycles. The van der Waals surface area contributed by atoms with Gasteiger partial charge in [0.2, 0.25) is 10.0 Å². The van der Waals surface area contributed by atoms with Gasteiger partial charge in [-0.25, -0.2) is 13.1 Å². The molecule has 0 aliphatic carbocycles. The number of nitrogens with one attached hydrogen (secondary N) is 2. The summed E-state index contributed by atoms with van der Waals surface area (Å²) in [4.78, 5) is 3.13. The maximum Gasteiger partial charge on any atom is 0.244 e. The first-order valence-electron chi connectivity index (χ1n) is 6.70. The third-order valence-corrected chi connectivity index (χ3v) is 4.92. The van der Waals surface area contributed by atoms with E-state index in [0.29, 0.717) is 18.7 Å². The number of aromatic nitrogens is 1. The summed E-state index contributed by atoms with van der Waals surface area (Å²) in [5.74, 6) is 0.368. The van der Waals surface area contributed by atoms with Gasteiger partial charge in [0, 0.05) is 18.9 Å². The number of aromatic amines is 1. The Labute approximate surface area is 125 Å². The largest absolute Gasteiger partial charge is 0.495 e. The van der Waals surface area contributed by atoms with E-state index >= 15 is 0 Å². The zero-order valence-corrected chi connectivity index (χ0v) is 13.3. The van der Waals surface area contributed by atoms with Crippen molar-refractivity contribution in [1.82, 2.24) is 9.71 Å². The Bertz CT molecular complexity index is 707. The summed E-state index contributed by atoms with van der Waals surface area (Å²) in [6.45, 7) is 4.15. The molecular formula is C15H20N2O3S. The molecule has 1 heterocycles. The summed E-state index contributed by atoms with van der Waals surface area (Å²) in [5.41, 5.74) is 2.98. The molecule has 0 atom stereocenters. The summed E-state index contributed by atoms with van der Waals surface area (Å²) in [7, 11) is -2.11. The van der Waals surface area contributed by atoms with Gasteiger partial charge in [0.15, 0.2) is 0 Å². The van der Waals surface area contributed by atoms with E-state index in [-0.39, 0.29) is 4.90 Å². The van der Waals surface area contributed by atoms with Gasteiger partial charge < -0.3 is 9.72 Å². The minimum atomic E-state index is -3.58. The Morgan fingerprint density at radius 1 is 1.24 bits per heavy atom. The van der Waals surface area contributed by atoms with Crippen molar-refractivity contribution in [3.63, 3.8) is 0 Å². The first-order chi connectivity index (χ1) is 9.94. The van der Waals surface area contributed by atoms with Crippen molar-refractivity contribution >= 4 is 10.0 Å². The second-order valence-electron chi connectivity index (χ2n) is 4.95. The van der Waals surface area contributed by atoms with Crippen LogP contribution in [0.5, 0.6) is 5.75 Å². The number of ether oxygens (including phenoxy) is 1. The maximum absolute atomic E-state index is 12.4. The topological polar surface area (TPSA) is 71.2 Å². The molecule has 0 amide bonds. The molecule has 6 heteroatoms. The number of methoxy groups -OCH3 is 1. The molecule has 0 saturated carbocycles. The van der Waals surface area contributed by atoms with Gasteiger partial charge in [-0.15, -0.1) is 0 Å². The molecule has 0 fully saturated rings. The predicted octanol–water partition coefficient (Wildman–Crippen LogP) is 2.16. The first-order valence-corrected chi connectivity index (χ1v) is 8.19. The number of aryl methyl sites for hydroxylation is 2. The van der Waals surface area contributed by atoms with E-state index < -0.39 is 10.0 Å². The smallest absolute Gasteiger partial charge is 0.244 e. The Morgan fingerprint density at radius 3 is 2.57 bits per heavy atom. The highest BCUT2D eigenvalue weighted by molar-refractivity contribution is 7.89. The van der Waals surface area contributed by atoms with E-state index in [0.717, 1.165) is 16.7 Å². The summed E-state index contributed by atoms with van der Waals surface area (Å²) in [6, 6.07) is 5.31. The van der Waals surface area contributed by atoms with Crippen molar-refractivity contribution in [3.05, 3.63) is 47.3 Å². The van der Waals surface area contributed by atoms with Crippen LogP contribution in [0.1, 0.15) is 16.7 Å². The number of rotatable bonds is 6. The monoisotopic (exact) mass is 308 g/mol. The lowest BCUT2D eigenvalue weighted by molar-refractivity contribution is 0.402. The summed E-state index contributed by atoms with van der Waals surface area (Å²) in [5, 5.41) is 0. The van der Waals surface area contributed by atoms with E-state index in [1.165, 1.54) is 7.11 Å². The van der Waals surface area contributed by atoms with Crippen LogP contribution in [0.4, 0.5) is 0 Å². The van der Waals surface area contributed by atoms with E-state index in [9.17, 15) is 8.42 Å². The first kappa shape index (κ1) is 15.6. The van der Waals surface area contributed by atoms with E-state index in [2.05, 4.69) is 9.71 Å². The zero-order valence-electron chi connectivity index (χ0n) is 12.4. The van der Waals surface area contributed by atoms with E-state index in [1.807, 2.05) is 32.3 Å². The fraction of sp³-hybridized carbons (Fsp3) is 0.333. The fourth-order valence-electron chi connectivity index (χ4n) is 2.05. The van der Waals surface area contributed by atoms with Gasteiger partial charge in [0.1, 0.15) is 10.6 Å². The minimum Gasteiger partial charge on any atom is -0.495 e. The Hall–Kier alpha value is -1.79. The van der Waals surface area contributed by atoms with E-state index in [1.54, 1.807) is 12.1 Å². The van der Waals surface area contributed by atoms with Crippen LogP contribution >= 0.6 is 0 Å². The predicted molar refractivity (Wildman–Crippen MR) is 82.2 cm³/mol. The normalized spacial score (nSPS) is 11.6. The van der Waals surface area contributed by atoms with Gasteiger partial charge in [-0.3, -0.25) is 0 Å². The highest BCUT2D eigenvalue weighted by atomic mass is 32.2. The molecule has 5 nitrogen and oxygen atoms in total. The Kier molecular flexibility index (Phi) is 4.69. The van der Waals surface area contributed by atoms with Crippen LogP contribution in [0.2, 0.25) is 0 Å². The van der Waals surface area contributed by atoms with Gasteiger partial charge in [0.25, 0.3) is 0 Å². The Balaban J connectivity index is 2.17. The maximum atomic E-state index is 12.4. The van der Waals surface area contributed by atoms with Gasteiger partial charge in [-0.1, -0.05) is 0 Å². The number of benzene rings is 1. The van der Waals surface area contributed by atoms with Gasteiger partial charge >= 0.3 is 0 Å². The average molecular weight is 308 g/mol. The molecule has 2 aromatic rings. The third-order valence-electron chi connectivity index (χ3n) is 3.44. The number of hydrogen-bond acceptors (Lipinski definition) is 3. The van der Waals surface area contributed by atoms with Crippen molar-refractivity contribution < 1.29 is 13.2 Å². The lowest BCUT2D eigenvalue weighted by atomic mass is 10.1. The van der Waals surface area contributed by atoms with Crippen LogP contribution in [-0.2, 0) is 16.4 Å². The average Bonchev–Trinajstić information content (AvgIpc) is 2.94. The molecule has 2 N–H and O–H groups in total. The minimum absolute atomic E-state index is 0.183. The molecule has 114 valence electrons. The Morgan fingerprint density at radius 2 is 1.95 bits per heavy atom. The molecule has 0 radical (unpaired) electrons. The van der Waals surface area contributed by atoms with Crippen LogP contribution in [0, 0.1) is 13.8 Å².